The van der Waals surface area contributed by atoms with Gasteiger partial charge in [0.2, 0.25) is 11.6 Å². The van der Waals surface area contributed by atoms with Crippen molar-refractivity contribution in [1.82, 2.24) is 9.97 Å². The van der Waals surface area contributed by atoms with Crippen molar-refractivity contribution in [2.75, 3.05) is 11.9 Å². The number of aromatic nitrogens is 2. The summed E-state index contributed by atoms with van der Waals surface area (Å²) in [4.78, 5) is 18.8. The Morgan fingerprint density at radius 2 is 2.19 bits per heavy atom. The molecule has 1 N–H and O–H groups in total. The van der Waals surface area contributed by atoms with Crippen LogP contribution in [0, 0.1) is 17.0 Å². The van der Waals surface area contributed by atoms with Crippen molar-refractivity contribution in [3.05, 3.63) is 46.3 Å². The van der Waals surface area contributed by atoms with Gasteiger partial charge in [0.05, 0.1) is 17.3 Å². The first-order valence-electron chi connectivity index (χ1n) is 6.59. The fourth-order valence-electron chi connectivity index (χ4n) is 1.70. The number of nitro groups is 1. The number of nitrogens with zero attached hydrogens (tertiary/aromatic N) is 3. The third kappa shape index (κ3) is 3.88. The van der Waals surface area contributed by atoms with E-state index in [1.54, 1.807) is 18.3 Å². The van der Waals surface area contributed by atoms with Crippen LogP contribution in [0.3, 0.4) is 0 Å². The van der Waals surface area contributed by atoms with Crippen molar-refractivity contribution >= 4 is 11.5 Å². The van der Waals surface area contributed by atoms with Crippen molar-refractivity contribution < 1.29 is 9.66 Å². The van der Waals surface area contributed by atoms with E-state index >= 15 is 0 Å². The topological polar surface area (TPSA) is 90.2 Å². The minimum Gasteiger partial charge on any atom is -0.430 e. The Bertz CT molecular complexity index is 646. The Hall–Kier alpha value is -2.70. The normalized spacial score (nSPS) is 10.2. The van der Waals surface area contributed by atoms with Crippen LogP contribution in [-0.4, -0.2) is 21.4 Å². The van der Waals surface area contributed by atoms with Gasteiger partial charge < -0.3 is 10.1 Å². The summed E-state index contributed by atoms with van der Waals surface area (Å²) in [7, 11) is 0. The van der Waals surface area contributed by atoms with E-state index in [0.29, 0.717) is 5.82 Å². The highest BCUT2D eigenvalue weighted by atomic mass is 16.6. The lowest BCUT2D eigenvalue weighted by Crippen LogP contribution is -2.03. The van der Waals surface area contributed by atoms with E-state index in [-0.39, 0.29) is 17.3 Å². The van der Waals surface area contributed by atoms with Crippen LogP contribution in [0.5, 0.6) is 11.6 Å². The second kappa shape index (κ2) is 6.65. The van der Waals surface area contributed by atoms with Crippen molar-refractivity contribution in [2.24, 2.45) is 0 Å². The molecule has 1 heterocycles. The Kier molecular flexibility index (Phi) is 4.65. The van der Waals surface area contributed by atoms with Crippen molar-refractivity contribution in [1.29, 1.82) is 0 Å². The average molecular weight is 288 g/mol. The molecule has 0 aliphatic carbocycles. The molecule has 0 aliphatic rings. The fraction of sp³-hybridized carbons (Fsp3) is 0.286. The lowest BCUT2D eigenvalue weighted by Gasteiger charge is -2.08. The molecule has 1 aromatic carbocycles. The maximum Gasteiger partial charge on any atom is 0.311 e. The van der Waals surface area contributed by atoms with E-state index in [9.17, 15) is 10.1 Å². The summed E-state index contributed by atoms with van der Waals surface area (Å²) in [5.74, 6) is 0.941. The highest BCUT2D eigenvalue weighted by Gasteiger charge is 2.16. The molecule has 0 unspecified atom stereocenters. The fourth-order valence-corrected chi connectivity index (χ4v) is 1.70. The highest BCUT2D eigenvalue weighted by Crippen LogP contribution is 2.31. The summed E-state index contributed by atoms with van der Waals surface area (Å²) in [6, 6.07) is 4.68. The minimum absolute atomic E-state index is 0.102. The lowest BCUT2D eigenvalue weighted by molar-refractivity contribution is -0.385. The first-order valence-corrected chi connectivity index (χ1v) is 6.59. The number of nitro benzene ring substituents is 1. The lowest BCUT2D eigenvalue weighted by atomic mass is 10.2. The third-order valence-corrected chi connectivity index (χ3v) is 2.70. The van der Waals surface area contributed by atoms with Crippen LogP contribution in [0.4, 0.5) is 11.5 Å². The molecule has 110 valence electrons. The van der Waals surface area contributed by atoms with Gasteiger partial charge >= 0.3 is 5.69 Å². The number of aryl methyl sites for hydroxylation is 1. The minimum atomic E-state index is -0.485. The molecule has 0 aliphatic heterocycles. The Morgan fingerprint density at radius 3 is 2.90 bits per heavy atom. The van der Waals surface area contributed by atoms with Crippen LogP contribution in [-0.2, 0) is 0 Å². The maximum atomic E-state index is 11.0. The monoisotopic (exact) mass is 288 g/mol. The van der Waals surface area contributed by atoms with Gasteiger partial charge in [0.25, 0.3) is 0 Å². The van der Waals surface area contributed by atoms with Gasteiger partial charge in [0.15, 0.2) is 0 Å². The number of anilines is 1. The summed E-state index contributed by atoms with van der Waals surface area (Å²) < 4.78 is 5.52. The van der Waals surface area contributed by atoms with Gasteiger partial charge in [-0.05, 0) is 25.0 Å². The van der Waals surface area contributed by atoms with Crippen LogP contribution in [0.2, 0.25) is 0 Å². The molecule has 7 heteroatoms. The first-order chi connectivity index (χ1) is 10.1. The first kappa shape index (κ1) is 14.7. The Balaban J connectivity index is 2.25. The molecule has 1 aromatic heterocycles. The van der Waals surface area contributed by atoms with Gasteiger partial charge in [-0.2, -0.15) is 4.98 Å². The van der Waals surface area contributed by atoms with E-state index in [4.69, 9.17) is 4.74 Å². The third-order valence-electron chi connectivity index (χ3n) is 2.70. The summed E-state index contributed by atoms with van der Waals surface area (Å²) in [6.45, 7) is 4.64. The van der Waals surface area contributed by atoms with Crippen LogP contribution in [0.1, 0.15) is 18.9 Å². The second-order valence-electron chi connectivity index (χ2n) is 4.50. The van der Waals surface area contributed by atoms with Crippen LogP contribution >= 0.6 is 0 Å². The van der Waals surface area contributed by atoms with Gasteiger partial charge in [-0.25, -0.2) is 0 Å². The van der Waals surface area contributed by atoms with Gasteiger partial charge in [-0.3, -0.25) is 15.1 Å². The number of hydrogen-bond acceptors (Lipinski definition) is 6. The molecular formula is C14H16N4O3. The number of ether oxygens (including phenoxy) is 1. The number of benzene rings is 1. The quantitative estimate of drug-likeness (QED) is 0.647. The van der Waals surface area contributed by atoms with Crippen molar-refractivity contribution in [3.63, 3.8) is 0 Å². The van der Waals surface area contributed by atoms with Crippen LogP contribution in [0.15, 0.2) is 30.6 Å². The predicted molar refractivity (Wildman–Crippen MR) is 78.7 cm³/mol. The highest BCUT2D eigenvalue weighted by molar-refractivity contribution is 5.49. The number of rotatable bonds is 6. The molecule has 0 fully saturated rings. The molecule has 21 heavy (non-hydrogen) atoms. The average Bonchev–Trinajstić information content (AvgIpc) is 2.45. The van der Waals surface area contributed by atoms with Crippen molar-refractivity contribution in [2.45, 2.75) is 20.3 Å². The van der Waals surface area contributed by atoms with E-state index in [0.717, 1.165) is 18.5 Å². The largest absolute Gasteiger partial charge is 0.430 e. The molecule has 0 radical (unpaired) electrons. The van der Waals surface area contributed by atoms with Crippen LogP contribution in [0.25, 0.3) is 0 Å². The zero-order valence-electron chi connectivity index (χ0n) is 11.9. The molecule has 0 spiro atoms. The van der Waals surface area contributed by atoms with Crippen LogP contribution < -0.4 is 10.1 Å². The number of nitrogens with one attached hydrogen (secondary N) is 1. The molecule has 0 bridgehead atoms. The molecule has 0 atom stereocenters. The maximum absolute atomic E-state index is 11.0. The molecule has 7 nitrogen and oxygen atoms in total. The van der Waals surface area contributed by atoms with E-state index < -0.39 is 4.92 Å². The van der Waals surface area contributed by atoms with Gasteiger partial charge in [-0.15, -0.1) is 0 Å². The molecular weight excluding hydrogens is 272 g/mol. The molecule has 2 aromatic rings. The predicted octanol–water partition coefficient (Wildman–Crippen LogP) is 3.31. The summed E-state index contributed by atoms with van der Waals surface area (Å²) in [6.07, 6.45) is 3.95. The van der Waals surface area contributed by atoms with Gasteiger partial charge in [-0.1, -0.05) is 13.0 Å². The molecule has 2 rings (SSSR count). The van der Waals surface area contributed by atoms with E-state index in [1.807, 2.05) is 13.8 Å². The Labute approximate surface area is 122 Å². The van der Waals surface area contributed by atoms with E-state index in [1.165, 1.54) is 12.3 Å². The summed E-state index contributed by atoms with van der Waals surface area (Å²) in [5.41, 5.74) is 0.762. The van der Waals surface area contributed by atoms with Gasteiger partial charge in [0, 0.05) is 12.6 Å². The zero-order chi connectivity index (χ0) is 15.2. The Morgan fingerprint density at radius 1 is 1.38 bits per heavy atom. The molecule has 0 saturated heterocycles. The molecule has 0 amide bonds. The summed E-state index contributed by atoms with van der Waals surface area (Å²) in [5, 5.41) is 14.1. The SMILES string of the molecule is CCCNc1cncc(Oc2cc(C)ccc2[N+](=O)[O-])n1. The summed E-state index contributed by atoms with van der Waals surface area (Å²) >= 11 is 0. The molecule has 0 saturated carbocycles. The second-order valence-corrected chi connectivity index (χ2v) is 4.50. The number of hydrogen-bond donors (Lipinski definition) is 1. The van der Waals surface area contributed by atoms with Crippen molar-refractivity contribution in [3.8, 4) is 11.6 Å². The smallest absolute Gasteiger partial charge is 0.311 e. The van der Waals surface area contributed by atoms with E-state index in [2.05, 4.69) is 15.3 Å². The zero-order valence-corrected chi connectivity index (χ0v) is 11.9. The van der Waals surface area contributed by atoms with Gasteiger partial charge in [0.1, 0.15) is 5.82 Å². The standard InChI is InChI=1S/C14H16N4O3/c1-3-6-16-13-8-15-9-14(17-13)21-12-7-10(2)4-5-11(12)18(19)20/h4-5,7-9H,3,6H2,1-2H3,(H,16,17).